The van der Waals surface area contributed by atoms with E-state index in [1.54, 1.807) is 16.9 Å². The smallest absolute Gasteiger partial charge is 0.255 e. The minimum absolute atomic E-state index is 0.227. The summed E-state index contributed by atoms with van der Waals surface area (Å²) >= 11 is 0. The molecule has 0 saturated carbocycles. The molecule has 30 heavy (non-hydrogen) atoms. The summed E-state index contributed by atoms with van der Waals surface area (Å²) in [6.07, 6.45) is 2.32. The van der Waals surface area contributed by atoms with Crippen molar-refractivity contribution < 1.29 is 18.9 Å². The van der Waals surface area contributed by atoms with Crippen molar-refractivity contribution in [3.05, 3.63) is 47.0 Å². The van der Waals surface area contributed by atoms with E-state index in [0.717, 1.165) is 16.8 Å². The van der Waals surface area contributed by atoms with Crippen LogP contribution in [0.1, 0.15) is 40.2 Å². The number of aromatic nitrogens is 4. The second-order valence-corrected chi connectivity index (χ2v) is 7.49. The van der Waals surface area contributed by atoms with Crippen LogP contribution in [0, 0.1) is 13.8 Å². The number of carbonyl (C=O) groups is 3. The van der Waals surface area contributed by atoms with Gasteiger partial charge in [0.25, 0.3) is 5.91 Å². The third kappa shape index (κ3) is 2.79. The molecule has 10 heteroatoms. The van der Waals surface area contributed by atoms with Crippen LogP contribution in [0.2, 0.25) is 0 Å². The summed E-state index contributed by atoms with van der Waals surface area (Å²) in [7, 11) is 0. The van der Waals surface area contributed by atoms with Gasteiger partial charge in [-0.3, -0.25) is 19.7 Å². The fourth-order valence-corrected chi connectivity index (χ4v) is 4.04. The molecule has 0 spiro atoms. The van der Waals surface area contributed by atoms with Crippen LogP contribution in [-0.4, -0.2) is 48.8 Å². The molecule has 152 valence electrons. The lowest BCUT2D eigenvalue weighted by atomic mass is 10.0. The highest BCUT2D eigenvalue weighted by Crippen LogP contribution is 2.30. The number of nitrogens with one attached hydrogen (secondary N) is 1. The number of carbonyl (C=O) groups excluding carboxylic acids is 3. The van der Waals surface area contributed by atoms with E-state index in [2.05, 4.69) is 20.8 Å². The lowest BCUT2D eigenvalue weighted by molar-refractivity contribution is -0.136. The zero-order valence-corrected chi connectivity index (χ0v) is 16.4. The third-order valence-corrected chi connectivity index (χ3v) is 5.56. The van der Waals surface area contributed by atoms with Gasteiger partial charge in [0.05, 0.1) is 23.1 Å². The van der Waals surface area contributed by atoms with Gasteiger partial charge in [-0.15, -0.1) is 5.10 Å². The van der Waals surface area contributed by atoms with Gasteiger partial charge >= 0.3 is 0 Å². The number of fused-ring (bicyclic) bond motifs is 1. The standard InChI is InChI=1S/C20H18N6O4/c1-10-18(11(2)30-23-10)15-9-26(24-22-15)13-4-3-12-8-25(20(29)14(12)7-13)16-5-6-17(27)21-19(16)28/h3-4,7,9,16H,5-6,8H2,1-2H3,(H,21,27,28). The maximum atomic E-state index is 13.0. The van der Waals surface area contributed by atoms with Gasteiger partial charge in [0.2, 0.25) is 11.8 Å². The van der Waals surface area contributed by atoms with Crippen LogP contribution in [0.3, 0.4) is 0 Å². The van der Waals surface area contributed by atoms with Gasteiger partial charge in [0.1, 0.15) is 17.5 Å². The molecule has 1 N–H and O–H groups in total. The van der Waals surface area contributed by atoms with Crippen molar-refractivity contribution in [2.24, 2.45) is 0 Å². The summed E-state index contributed by atoms with van der Waals surface area (Å²) in [6.45, 7) is 3.98. The Labute approximate surface area is 170 Å². The first-order chi connectivity index (χ1) is 14.4. The number of amides is 3. The van der Waals surface area contributed by atoms with E-state index < -0.39 is 11.9 Å². The average molecular weight is 406 g/mol. The second kappa shape index (κ2) is 6.61. The maximum Gasteiger partial charge on any atom is 0.255 e. The first-order valence-electron chi connectivity index (χ1n) is 9.56. The summed E-state index contributed by atoms with van der Waals surface area (Å²) in [4.78, 5) is 38.1. The van der Waals surface area contributed by atoms with E-state index in [4.69, 9.17) is 4.52 Å². The Morgan fingerprint density at radius 3 is 2.77 bits per heavy atom. The predicted molar refractivity (Wildman–Crippen MR) is 102 cm³/mol. The van der Waals surface area contributed by atoms with Crippen LogP contribution in [0.15, 0.2) is 28.9 Å². The minimum atomic E-state index is -0.636. The molecule has 2 aromatic heterocycles. The van der Waals surface area contributed by atoms with Crippen LogP contribution in [0.4, 0.5) is 0 Å². The normalized spacial score (nSPS) is 18.7. The van der Waals surface area contributed by atoms with Gasteiger partial charge in [-0.2, -0.15) is 0 Å². The summed E-state index contributed by atoms with van der Waals surface area (Å²) in [5.74, 6) is -0.299. The highest BCUT2D eigenvalue weighted by molar-refractivity contribution is 6.05. The minimum Gasteiger partial charge on any atom is -0.361 e. The summed E-state index contributed by atoms with van der Waals surface area (Å²) in [5, 5.41) is 14.6. The topological polar surface area (TPSA) is 123 Å². The zero-order valence-electron chi connectivity index (χ0n) is 16.4. The fraction of sp³-hybridized carbons (Fsp3) is 0.300. The first kappa shape index (κ1) is 18.2. The van der Waals surface area contributed by atoms with Gasteiger partial charge in [-0.1, -0.05) is 16.4 Å². The number of hydrogen-bond acceptors (Lipinski definition) is 7. The van der Waals surface area contributed by atoms with Crippen LogP contribution in [0.25, 0.3) is 16.9 Å². The average Bonchev–Trinajstić information content (AvgIpc) is 3.40. The number of nitrogens with zero attached hydrogens (tertiary/aromatic N) is 5. The quantitative estimate of drug-likeness (QED) is 0.650. The Bertz CT molecular complexity index is 1190. The number of piperidine rings is 1. The van der Waals surface area contributed by atoms with E-state index in [1.807, 2.05) is 26.0 Å². The number of imide groups is 1. The van der Waals surface area contributed by atoms with Crippen molar-refractivity contribution in [1.29, 1.82) is 0 Å². The largest absolute Gasteiger partial charge is 0.361 e. The maximum absolute atomic E-state index is 13.0. The molecule has 4 heterocycles. The van der Waals surface area contributed by atoms with E-state index in [1.165, 1.54) is 4.90 Å². The van der Waals surface area contributed by atoms with E-state index >= 15 is 0 Å². The molecule has 2 aliphatic heterocycles. The van der Waals surface area contributed by atoms with Gasteiger partial charge in [0, 0.05) is 18.5 Å². The van der Waals surface area contributed by atoms with E-state index in [9.17, 15) is 14.4 Å². The Hall–Kier alpha value is -3.82. The Balaban J connectivity index is 1.43. The van der Waals surface area contributed by atoms with Crippen molar-refractivity contribution in [2.45, 2.75) is 39.3 Å². The Kier molecular flexibility index (Phi) is 4.02. The molecule has 10 nitrogen and oxygen atoms in total. The van der Waals surface area contributed by atoms with Crippen molar-refractivity contribution in [2.75, 3.05) is 0 Å². The first-order valence-corrected chi connectivity index (χ1v) is 9.56. The number of aryl methyl sites for hydroxylation is 2. The Morgan fingerprint density at radius 2 is 2.03 bits per heavy atom. The van der Waals surface area contributed by atoms with Gasteiger partial charge in [-0.05, 0) is 38.0 Å². The SMILES string of the molecule is Cc1noc(C)c1-c1cn(-c2ccc3c(c2)C(=O)N(C2CCC(=O)NC2=O)C3)nn1. The highest BCUT2D eigenvalue weighted by atomic mass is 16.5. The molecule has 3 aromatic rings. The van der Waals surface area contributed by atoms with Gasteiger partial charge in [0.15, 0.2) is 0 Å². The molecular weight excluding hydrogens is 388 g/mol. The molecule has 3 amide bonds. The van der Waals surface area contributed by atoms with Crippen LogP contribution in [-0.2, 0) is 16.1 Å². The summed E-state index contributed by atoms with van der Waals surface area (Å²) in [6, 6.07) is 4.82. The summed E-state index contributed by atoms with van der Waals surface area (Å²) < 4.78 is 6.78. The third-order valence-electron chi connectivity index (χ3n) is 5.56. The van der Waals surface area contributed by atoms with Crippen molar-refractivity contribution in [3.63, 3.8) is 0 Å². The van der Waals surface area contributed by atoms with E-state index in [0.29, 0.717) is 35.7 Å². The molecular formula is C20H18N6O4. The molecule has 1 aromatic carbocycles. The Morgan fingerprint density at radius 1 is 1.20 bits per heavy atom. The molecule has 0 aliphatic carbocycles. The van der Waals surface area contributed by atoms with Crippen molar-refractivity contribution in [3.8, 4) is 16.9 Å². The molecule has 0 bridgehead atoms. The van der Waals surface area contributed by atoms with Gasteiger partial charge < -0.3 is 9.42 Å². The number of hydrogen-bond donors (Lipinski definition) is 1. The van der Waals surface area contributed by atoms with Crippen LogP contribution in [0.5, 0.6) is 0 Å². The second-order valence-electron chi connectivity index (χ2n) is 7.49. The highest BCUT2D eigenvalue weighted by Gasteiger charge is 2.39. The summed E-state index contributed by atoms with van der Waals surface area (Å²) in [5.41, 5.74) is 4.18. The molecule has 1 fully saturated rings. The number of benzene rings is 1. The number of rotatable bonds is 3. The lowest BCUT2D eigenvalue weighted by Gasteiger charge is -2.29. The molecule has 5 rings (SSSR count). The molecule has 1 atom stereocenters. The molecule has 2 aliphatic rings. The fourth-order valence-electron chi connectivity index (χ4n) is 4.04. The zero-order chi connectivity index (χ0) is 21.0. The van der Waals surface area contributed by atoms with Crippen LogP contribution < -0.4 is 5.32 Å². The predicted octanol–water partition coefficient (Wildman–Crippen LogP) is 1.30. The molecule has 1 saturated heterocycles. The van der Waals surface area contributed by atoms with Gasteiger partial charge in [-0.25, -0.2) is 4.68 Å². The van der Waals surface area contributed by atoms with E-state index in [-0.39, 0.29) is 18.2 Å². The lowest BCUT2D eigenvalue weighted by Crippen LogP contribution is -2.52. The molecule has 0 radical (unpaired) electrons. The van der Waals surface area contributed by atoms with Crippen LogP contribution >= 0.6 is 0 Å². The monoisotopic (exact) mass is 406 g/mol. The van der Waals surface area contributed by atoms with Crippen molar-refractivity contribution >= 4 is 17.7 Å². The molecule has 1 unspecified atom stereocenters. The van der Waals surface area contributed by atoms with Crippen molar-refractivity contribution in [1.82, 2.24) is 30.4 Å².